The van der Waals surface area contributed by atoms with Crippen molar-refractivity contribution in [2.24, 2.45) is 0 Å². The van der Waals surface area contributed by atoms with E-state index in [0.29, 0.717) is 28.1 Å². The number of benzene rings is 2. The Labute approximate surface area is 196 Å². The molecule has 1 aliphatic heterocycles. The molecule has 1 aliphatic rings. The van der Waals surface area contributed by atoms with Crippen molar-refractivity contribution in [1.29, 1.82) is 0 Å². The Balaban J connectivity index is 1.78. The SMILES string of the molecule is CNC(=O)c1cc(-c2cccc(-c3ccc(NC(C)=O)c(F)c3)c2O)cc(N2CCNCC2)n1. The van der Waals surface area contributed by atoms with Gasteiger partial charge in [-0.15, -0.1) is 0 Å². The number of piperazine rings is 1. The summed E-state index contributed by atoms with van der Waals surface area (Å²) in [7, 11) is 1.54. The number of hydrogen-bond acceptors (Lipinski definition) is 6. The molecule has 4 N–H and O–H groups in total. The Hall–Kier alpha value is -3.98. The first-order valence-corrected chi connectivity index (χ1v) is 11.0. The monoisotopic (exact) mass is 463 g/mol. The second-order valence-electron chi connectivity index (χ2n) is 7.99. The van der Waals surface area contributed by atoms with Crippen molar-refractivity contribution in [3.8, 4) is 28.0 Å². The van der Waals surface area contributed by atoms with Gasteiger partial charge in [0.1, 0.15) is 23.1 Å². The number of anilines is 2. The number of nitrogens with zero attached hydrogens (tertiary/aromatic N) is 2. The van der Waals surface area contributed by atoms with Crippen molar-refractivity contribution in [3.05, 3.63) is 60.0 Å². The minimum Gasteiger partial charge on any atom is -0.507 e. The van der Waals surface area contributed by atoms with Crippen LogP contribution in [-0.2, 0) is 4.79 Å². The minimum atomic E-state index is -0.607. The predicted molar refractivity (Wildman–Crippen MR) is 130 cm³/mol. The molecule has 0 saturated carbocycles. The zero-order valence-corrected chi connectivity index (χ0v) is 19.0. The number of hydrogen-bond donors (Lipinski definition) is 4. The van der Waals surface area contributed by atoms with E-state index < -0.39 is 5.82 Å². The van der Waals surface area contributed by atoms with Crippen LogP contribution in [0.2, 0.25) is 0 Å². The van der Waals surface area contributed by atoms with Gasteiger partial charge in [-0.1, -0.05) is 24.3 Å². The standard InChI is InChI=1S/C25H26FN5O3/c1-15(32)29-21-7-6-16(12-20(21)26)18-4-3-5-19(24(18)33)17-13-22(25(34)27-2)30-23(14-17)31-10-8-28-9-11-31/h3-7,12-14,28,33H,8-11H2,1-2H3,(H,27,34)(H,29,32). The zero-order chi connectivity index (χ0) is 24.2. The summed E-state index contributed by atoms with van der Waals surface area (Å²) < 4.78 is 14.5. The van der Waals surface area contributed by atoms with Crippen molar-refractivity contribution in [3.63, 3.8) is 0 Å². The molecule has 0 radical (unpaired) electrons. The van der Waals surface area contributed by atoms with Crippen molar-refractivity contribution in [2.75, 3.05) is 43.4 Å². The fourth-order valence-corrected chi connectivity index (χ4v) is 3.95. The molecule has 0 atom stereocenters. The quantitative estimate of drug-likeness (QED) is 0.464. The van der Waals surface area contributed by atoms with Crippen LogP contribution in [0.5, 0.6) is 5.75 Å². The fourth-order valence-electron chi connectivity index (χ4n) is 3.95. The average molecular weight is 464 g/mol. The van der Waals surface area contributed by atoms with Crippen molar-refractivity contribution in [2.45, 2.75) is 6.92 Å². The summed E-state index contributed by atoms with van der Waals surface area (Å²) in [6.07, 6.45) is 0. The van der Waals surface area contributed by atoms with Crippen LogP contribution in [0.4, 0.5) is 15.9 Å². The highest BCUT2D eigenvalue weighted by atomic mass is 19.1. The highest BCUT2D eigenvalue weighted by Gasteiger charge is 2.19. The number of phenolic OH excluding ortho intramolecular Hbond substituents is 1. The highest BCUT2D eigenvalue weighted by molar-refractivity contribution is 5.95. The van der Waals surface area contributed by atoms with Crippen molar-refractivity contribution < 1.29 is 19.1 Å². The van der Waals surface area contributed by atoms with Gasteiger partial charge in [0.05, 0.1) is 5.69 Å². The molecule has 0 aliphatic carbocycles. The van der Waals surface area contributed by atoms with Crippen LogP contribution in [-0.4, -0.2) is 55.1 Å². The molecule has 1 fully saturated rings. The van der Waals surface area contributed by atoms with Gasteiger partial charge in [-0.05, 0) is 35.4 Å². The Morgan fingerprint density at radius 2 is 1.76 bits per heavy atom. The second-order valence-corrected chi connectivity index (χ2v) is 7.99. The molecule has 1 saturated heterocycles. The summed E-state index contributed by atoms with van der Waals surface area (Å²) in [5, 5.41) is 19.5. The van der Waals surface area contributed by atoms with E-state index in [2.05, 4.69) is 25.8 Å². The molecule has 2 amide bonds. The normalized spacial score (nSPS) is 13.4. The molecular formula is C25H26FN5O3. The first-order valence-electron chi connectivity index (χ1n) is 11.0. The Morgan fingerprint density at radius 3 is 2.41 bits per heavy atom. The minimum absolute atomic E-state index is 0.0468. The lowest BCUT2D eigenvalue weighted by molar-refractivity contribution is -0.114. The maximum absolute atomic E-state index is 14.5. The van der Waals surface area contributed by atoms with Gasteiger partial charge in [0.2, 0.25) is 5.91 Å². The number of nitrogens with one attached hydrogen (secondary N) is 3. The van der Waals surface area contributed by atoms with Crippen LogP contribution < -0.4 is 20.9 Å². The Morgan fingerprint density at radius 1 is 1.06 bits per heavy atom. The van der Waals surface area contributed by atoms with Gasteiger partial charge in [0.25, 0.3) is 5.91 Å². The third-order valence-electron chi connectivity index (χ3n) is 5.65. The first-order chi connectivity index (χ1) is 16.4. The largest absolute Gasteiger partial charge is 0.507 e. The zero-order valence-electron chi connectivity index (χ0n) is 19.0. The molecular weight excluding hydrogens is 437 g/mol. The van der Waals surface area contributed by atoms with Gasteiger partial charge in [0.15, 0.2) is 0 Å². The van der Waals surface area contributed by atoms with Gasteiger partial charge in [-0.25, -0.2) is 9.37 Å². The molecule has 0 spiro atoms. The summed E-state index contributed by atoms with van der Waals surface area (Å²) in [6.45, 7) is 4.41. The number of rotatable bonds is 5. The summed E-state index contributed by atoms with van der Waals surface area (Å²) >= 11 is 0. The van der Waals surface area contributed by atoms with Crippen LogP contribution in [0.1, 0.15) is 17.4 Å². The molecule has 8 nitrogen and oxygen atoms in total. The van der Waals surface area contributed by atoms with Gasteiger partial charge in [0, 0.05) is 51.3 Å². The number of carbonyl (C=O) groups is 2. The van der Waals surface area contributed by atoms with E-state index in [-0.39, 0.29) is 28.9 Å². The number of phenols is 1. The van der Waals surface area contributed by atoms with E-state index in [9.17, 15) is 19.1 Å². The number of para-hydroxylation sites is 1. The van der Waals surface area contributed by atoms with E-state index in [1.54, 1.807) is 37.4 Å². The first kappa shape index (κ1) is 23.2. The van der Waals surface area contributed by atoms with E-state index in [4.69, 9.17) is 0 Å². The summed E-state index contributed by atoms with van der Waals surface area (Å²) in [4.78, 5) is 30.3. The molecule has 4 rings (SSSR count). The summed E-state index contributed by atoms with van der Waals surface area (Å²) in [6, 6.07) is 13.0. The molecule has 0 bridgehead atoms. The molecule has 2 aromatic carbocycles. The maximum atomic E-state index is 14.5. The van der Waals surface area contributed by atoms with Crippen molar-refractivity contribution in [1.82, 2.24) is 15.6 Å². The summed E-state index contributed by atoms with van der Waals surface area (Å²) in [5.41, 5.74) is 2.30. The van der Waals surface area contributed by atoms with Crippen LogP contribution in [0.25, 0.3) is 22.3 Å². The molecule has 3 aromatic rings. The van der Waals surface area contributed by atoms with Crippen LogP contribution in [0.3, 0.4) is 0 Å². The maximum Gasteiger partial charge on any atom is 0.269 e. The number of aromatic hydroxyl groups is 1. The van der Waals surface area contributed by atoms with Crippen molar-refractivity contribution >= 4 is 23.3 Å². The fraction of sp³-hybridized carbons (Fsp3) is 0.240. The summed E-state index contributed by atoms with van der Waals surface area (Å²) in [5.74, 6) is -0.710. The van der Waals surface area contributed by atoms with E-state index in [1.807, 2.05) is 6.07 Å². The predicted octanol–water partition coefficient (Wildman–Crippen LogP) is 2.99. The highest BCUT2D eigenvalue weighted by Crippen LogP contribution is 2.39. The topological polar surface area (TPSA) is 107 Å². The molecule has 176 valence electrons. The van der Waals surface area contributed by atoms with Gasteiger partial charge in [-0.3, -0.25) is 9.59 Å². The van der Waals surface area contributed by atoms with Gasteiger partial charge >= 0.3 is 0 Å². The Kier molecular flexibility index (Phi) is 6.74. The molecule has 2 heterocycles. The molecule has 1 aromatic heterocycles. The Bertz CT molecular complexity index is 1240. The number of carbonyl (C=O) groups excluding carboxylic acids is 2. The van der Waals surface area contributed by atoms with Gasteiger partial charge < -0.3 is 26.0 Å². The lowest BCUT2D eigenvalue weighted by Gasteiger charge is -2.29. The number of aromatic nitrogens is 1. The van der Waals surface area contributed by atoms with Crippen LogP contribution in [0.15, 0.2) is 48.5 Å². The third kappa shape index (κ3) is 4.84. The number of amides is 2. The second kappa shape index (κ2) is 9.88. The average Bonchev–Trinajstić information content (AvgIpc) is 2.85. The molecule has 9 heteroatoms. The van der Waals surface area contributed by atoms with Crippen LogP contribution >= 0.6 is 0 Å². The lowest BCUT2D eigenvalue weighted by atomic mass is 9.96. The van der Waals surface area contributed by atoms with E-state index in [1.165, 1.54) is 19.1 Å². The van der Waals surface area contributed by atoms with Crippen LogP contribution in [0, 0.1) is 5.82 Å². The number of pyridine rings is 1. The van der Waals surface area contributed by atoms with E-state index in [0.717, 1.165) is 26.2 Å². The number of halogens is 1. The third-order valence-corrected chi connectivity index (χ3v) is 5.65. The lowest BCUT2D eigenvalue weighted by Crippen LogP contribution is -2.44. The smallest absolute Gasteiger partial charge is 0.269 e. The molecule has 0 unspecified atom stereocenters. The van der Waals surface area contributed by atoms with E-state index >= 15 is 0 Å². The molecule has 34 heavy (non-hydrogen) atoms. The van der Waals surface area contributed by atoms with Gasteiger partial charge in [-0.2, -0.15) is 0 Å².